The Morgan fingerprint density at radius 1 is 0.889 bits per heavy atom. The summed E-state index contributed by atoms with van der Waals surface area (Å²) in [5, 5.41) is 2.80. The fourth-order valence-corrected chi connectivity index (χ4v) is 5.25. The molecule has 0 aliphatic rings. The van der Waals surface area contributed by atoms with E-state index in [4.69, 9.17) is 18.0 Å². The van der Waals surface area contributed by atoms with Crippen LogP contribution in [0, 0.1) is 0 Å². The molecule has 0 heterocycles. The lowest BCUT2D eigenvalue weighted by molar-refractivity contribution is -0.928. The number of ether oxygens (including phenoxy) is 1. The number of hydrogen-bond acceptors (Lipinski definition) is 5. The molecule has 1 N–H and O–H groups in total. The predicted molar refractivity (Wildman–Crippen MR) is 106 cm³/mol. The Balaban J connectivity index is 0. The lowest BCUT2D eigenvalue weighted by Gasteiger charge is -2.38. The lowest BCUT2D eigenvalue weighted by atomic mass is 10.2. The number of rotatable bonds is 16. The van der Waals surface area contributed by atoms with Gasteiger partial charge in [0.1, 0.15) is 13.2 Å². The molecule has 27 heavy (non-hydrogen) atoms. The zero-order chi connectivity index (χ0) is 19.9. The largest absolute Gasteiger partial charge is 1.00 e. The Morgan fingerprint density at radius 3 is 1.78 bits per heavy atom. The van der Waals surface area contributed by atoms with Crippen LogP contribution in [0.25, 0.3) is 0 Å². The Morgan fingerprint density at radius 2 is 1.37 bits per heavy atom. The summed E-state index contributed by atoms with van der Waals surface area (Å²) >= 11 is 0. The van der Waals surface area contributed by atoms with E-state index in [-0.39, 0.29) is 18.5 Å². The van der Waals surface area contributed by atoms with E-state index in [9.17, 15) is 4.79 Å². The van der Waals surface area contributed by atoms with Gasteiger partial charge < -0.3 is 40.2 Å². The van der Waals surface area contributed by atoms with Crippen molar-refractivity contribution < 1.29 is 39.7 Å². The lowest BCUT2D eigenvalue weighted by Crippen LogP contribution is -3.00. The standard InChI is InChI=1S/C18H40N2O5Si.ClH/c1-7-12-20(13-8-2,14-9-3)15-16-25-18(21)19-11-10-17-26(22-4,23-5)24-6;/h7-17H2,1-6H3;1H. The molecule has 0 saturated heterocycles. The van der Waals surface area contributed by atoms with Crippen LogP contribution in [0.1, 0.15) is 46.5 Å². The second kappa shape index (κ2) is 16.6. The van der Waals surface area contributed by atoms with E-state index in [0.29, 0.717) is 19.2 Å². The monoisotopic (exact) mass is 428 g/mol. The number of nitrogens with one attached hydrogen (secondary N) is 1. The van der Waals surface area contributed by atoms with Crippen molar-refractivity contribution in [3.63, 3.8) is 0 Å². The topological polar surface area (TPSA) is 66.0 Å². The van der Waals surface area contributed by atoms with Gasteiger partial charge in [-0.3, -0.25) is 0 Å². The Hall–Kier alpha value is -0.383. The van der Waals surface area contributed by atoms with E-state index in [2.05, 4.69) is 26.1 Å². The summed E-state index contributed by atoms with van der Waals surface area (Å²) < 4.78 is 22.5. The van der Waals surface area contributed by atoms with Crippen LogP contribution in [0.5, 0.6) is 0 Å². The molecule has 0 radical (unpaired) electrons. The minimum Gasteiger partial charge on any atom is -1.00 e. The summed E-state index contributed by atoms with van der Waals surface area (Å²) in [4.78, 5) is 11.9. The predicted octanol–water partition coefficient (Wildman–Crippen LogP) is 0.0316. The van der Waals surface area contributed by atoms with Crippen LogP contribution in [-0.2, 0) is 18.0 Å². The third-order valence-corrected chi connectivity index (χ3v) is 7.59. The molecule has 0 aliphatic heterocycles. The van der Waals surface area contributed by atoms with Crippen LogP contribution in [0.4, 0.5) is 4.79 Å². The van der Waals surface area contributed by atoms with Crippen molar-refractivity contribution in [3.8, 4) is 0 Å². The first-order valence-corrected chi connectivity index (χ1v) is 11.8. The zero-order valence-electron chi connectivity index (χ0n) is 18.1. The molecule has 0 aromatic heterocycles. The third kappa shape index (κ3) is 11.3. The van der Waals surface area contributed by atoms with Gasteiger partial charge in [-0.2, -0.15) is 0 Å². The van der Waals surface area contributed by atoms with Gasteiger partial charge in [-0.15, -0.1) is 0 Å². The maximum absolute atomic E-state index is 11.9. The molecule has 0 spiro atoms. The average molecular weight is 429 g/mol. The normalized spacial score (nSPS) is 11.8. The van der Waals surface area contributed by atoms with Crippen LogP contribution in [0.3, 0.4) is 0 Å². The van der Waals surface area contributed by atoms with Gasteiger partial charge in [0.15, 0.2) is 0 Å². The van der Waals surface area contributed by atoms with Crippen LogP contribution < -0.4 is 17.7 Å². The molecular formula is C18H41ClN2O5Si. The van der Waals surface area contributed by atoms with E-state index in [1.807, 2.05) is 0 Å². The van der Waals surface area contributed by atoms with Gasteiger partial charge in [0.25, 0.3) is 0 Å². The molecule has 1 amide bonds. The van der Waals surface area contributed by atoms with Crippen LogP contribution in [0.15, 0.2) is 0 Å². The highest BCUT2D eigenvalue weighted by Crippen LogP contribution is 2.14. The van der Waals surface area contributed by atoms with Crippen LogP contribution in [-0.4, -0.2) is 80.0 Å². The number of carbonyl (C=O) groups is 1. The summed E-state index contributed by atoms with van der Waals surface area (Å²) in [6, 6.07) is 0.653. The van der Waals surface area contributed by atoms with Gasteiger partial charge >= 0.3 is 14.9 Å². The molecule has 164 valence electrons. The molecule has 0 rings (SSSR count). The molecule has 0 aromatic carbocycles. The number of quaternary nitrogens is 1. The Bertz CT molecular complexity index is 348. The number of hydrogen-bond donors (Lipinski definition) is 1. The second-order valence-corrected chi connectivity index (χ2v) is 9.79. The number of alkyl carbamates (subject to hydrolysis) is 1. The maximum Gasteiger partial charge on any atom is 0.500 e. The van der Waals surface area contributed by atoms with Crippen LogP contribution >= 0.6 is 0 Å². The molecule has 0 saturated carbocycles. The first-order valence-electron chi connectivity index (χ1n) is 9.88. The fraction of sp³-hybridized carbons (Fsp3) is 0.944. The molecule has 0 aromatic rings. The molecule has 0 atom stereocenters. The van der Waals surface area contributed by atoms with Crippen molar-refractivity contribution in [2.24, 2.45) is 0 Å². The van der Waals surface area contributed by atoms with Gasteiger partial charge in [-0.25, -0.2) is 4.79 Å². The van der Waals surface area contributed by atoms with Gasteiger partial charge in [-0.05, 0) is 25.7 Å². The quantitative estimate of drug-likeness (QED) is 0.213. The van der Waals surface area contributed by atoms with Gasteiger partial charge in [-0.1, -0.05) is 20.8 Å². The molecular weight excluding hydrogens is 388 g/mol. The first kappa shape index (κ1) is 28.8. The average Bonchev–Trinajstić information content (AvgIpc) is 2.63. The number of amides is 1. The second-order valence-electron chi connectivity index (χ2n) is 6.70. The first-order chi connectivity index (χ1) is 12.5. The number of halogens is 1. The fourth-order valence-electron chi connectivity index (χ4n) is 3.53. The number of nitrogens with zero attached hydrogens (tertiary/aromatic N) is 1. The van der Waals surface area contributed by atoms with E-state index in [0.717, 1.165) is 56.3 Å². The van der Waals surface area contributed by atoms with Gasteiger partial charge in [0, 0.05) is 33.9 Å². The molecule has 7 nitrogen and oxygen atoms in total. The van der Waals surface area contributed by atoms with Crippen molar-refractivity contribution in [1.82, 2.24) is 5.32 Å². The van der Waals surface area contributed by atoms with Crippen molar-refractivity contribution in [3.05, 3.63) is 0 Å². The molecule has 0 bridgehead atoms. The van der Waals surface area contributed by atoms with E-state index in [1.54, 1.807) is 21.3 Å². The summed E-state index contributed by atoms with van der Waals surface area (Å²) in [5.74, 6) is 0. The highest BCUT2D eigenvalue weighted by molar-refractivity contribution is 6.60. The van der Waals surface area contributed by atoms with E-state index >= 15 is 0 Å². The highest BCUT2D eigenvalue weighted by atomic mass is 35.5. The number of carbonyl (C=O) groups excluding carboxylic acids is 1. The van der Waals surface area contributed by atoms with Gasteiger partial charge in [0.05, 0.1) is 19.6 Å². The van der Waals surface area contributed by atoms with Crippen molar-refractivity contribution >= 4 is 14.9 Å². The Labute approximate surface area is 173 Å². The SMILES string of the molecule is CCC[N+](CCC)(CCC)CCOC(=O)NCCC[Si](OC)(OC)OC.[Cl-]. The summed E-state index contributed by atoms with van der Waals surface area (Å²) in [6.45, 7) is 11.9. The Kier molecular flexibility index (Phi) is 17.7. The molecule has 0 fully saturated rings. The summed E-state index contributed by atoms with van der Waals surface area (Å²) in [5.41, 5.74) is 0. The van der Waals surface area contributed by atoms with E-state index in [1.165, 1.54) is 0 Å². The highest BCUT2D eigenvalue weighted by Gasteiger charge is 2.36. The maximum atomic E-state index is 11.9. The van der Waals surface area contributed by atoms with Crippen LogP contribution in [0.2, 0.25) is 6.04 Å². The molecule has 9 heteroatoms. The smallest absolute Gasteiger partial charge is 0.500 e. The zero-order valence-corrected chi connectivity index (χ0v) is 19.9. The van der Waals surface area contributed by atoms with Gasteiger partial charge in [0.2, 0.25) is 0 Å². The van der Waals surface area contributed by atoms with Crippen molar-refractivity contribution in [2.45, 2.75) is 52.5 Å². The molecule has 0 unspecified atom stereocenters. The third-order valence-electron chi connectivity index (χ3n) is 4.75. The van der Waals surface area contributed by atoms with E-state index < -0.39 is 8.80 Å². The summed E-state index contributed by atoms with van der Waals surface area (Å²) in [6.07, 6.45) is 3.81. The van der Waals surface area contributed by atoms with Crippen molar-refractivity contribution in [1.29, 1.82) is 0 Å². The molecule has 0 aliphatic carbocycles. The summed E-state index contributed by atoms with van der Waals surface area (Å²) in [7, 11) is 2.21. The minimum absolute atomic E-state index is 0. The minimum atomic E-state index is -2.56. The van der Waals surface area contributed by atoms with Crippen molar-refractivity contribution in [2.75, 3.05) is 60.7 Å².